The molecule has 1 aromatic rings. The Hall–Kier alpha value is -0.835. The van der Waals surface area contributed by atoms with Crippen molar-refractivity contribution >= 4 is 7.85 Å². The third-order valence-corrected chi connectivity index (χ3v) is 3.51. The van der Waals surface area contributed by atoms with Crippen molar-refractivity contribution in [3.63, 3.8) is 0 Å². The second-order valence-corrected chi connectivity index (χ2v) is 5.28. The van der Waals surface area contributed by atoms with Gasteiger partial charge >= 0.3 is 0 Å². The molecule has 1 aliphatic rings. The Balaban J connectivity index is 2.40. The fourth-order valence-corrected chi connectivity index (χ4v) is 2.35. The van der Waals surface area contributed by atoms with E-state index < -0.39 is 11.3 Å². The van der Waals surface area contributed by atoms with E-state index in [4.69, 9.17) is 7.85 Å². The van der Waals surface area contributed by atoms with Crippen LogP contribution in [-0.4, -0.2) is 29.0 Å². The molecule has 90 valence electrons. The number of hydrogen-bond acceptors (Lipinski definition) is 3. The van der Waals surface area contributed by atoms with Crippen LogP contribution in [0.1, 0.15) is 30.5 Å². The van der Waals surface area contributed by atoms with E-state index in [0.717, 1.165) is 25.3 Å². The SMILES string of the molecule is [B]C(O)(c1ccc2c(c1)CC(C)C2)C(C)(O)O. The zero-order valence-corrected chi connectivity index (χ0v) is 10.1. The highest BCUT2D eigenvalue weighted by molar-refractivity contribution is 6.15. The third kappa shape index (κ3) is 2.13. The molecule has 2 unspecified atom stereocenters. The summed E-state index contributed by atoms with van der Waals surface area (Å²) >= 11 is 0. The van der Waals surface area contributed by atoms with Gasteiger partial charge in [0, 0.05) is 0 Å². The second kappa shape index (κ2) is 3.84. The monoisotopic (exact) mass is 232 g/mol. The molecule has 0 bridgehead atoms. The van der Waals surface area contributed by atoms with Crippen LogP contribution in [0.25, 0.3) is 0 Å². The maximum atomic E-state index is 10.00. The summed E-state index contributed by atoms with van der Waals surface area (Å²) in [5.74, 6) is -1.79. The Morgan fingerprint density at radius 2 is 1.76 bits per heavy atom. The molecule has 4 heteroatoms. The average Bonchev–Trinajstić information content (AvgIpc) is 2.54. The first-order valence-corrected chi connectivity index (χ1v) is 5.80. The highest BCUT2D eigenvalue weighted by atomic mass is 16.5. The number of benzene rings is 1. The Bertz CT molecular complexity index is 435. The summed E-state index contributed by atoms with van der Waals surface area (Å²) in [7, 11) is 5.60. The Morgan fingerprint density at radius 3 is 2.35 bits per heavy atom. The molecule has 0 heterocycles. The second-order valence-electron chi connectivity index (χ2n) is 5.28. The molecule has 3 N–H and O–H groups in total. The highest BCUT2D eigenvalue weighted by Gasteiger charge is 2.41. The molecule has 1 aliphatic carbocycles. The van der Waals surface area contributed by atoms with Crippen LogP contribution in [0.2, 0.25) is 0 Å². The molecule has 17 heavy (non-hydrogen) atoms. The fraction of sp³-hybridized carbons (Fsp3) is 0.538. The molecule has 0 amide bonds. The van der Waals surface area contributed by atoms with Crippen molar-refractivity contribution in [2.75, 3.05) is 0 Å². The average molecular weight is 232 g/mol. The van der Waals surface area contributed by atoms with Crippen LogP contribution >= 0.6 is 0 Å². The Labute approximate surface area is 103 Å². The van der Waals surface area contributed by atoms with Crippen LogP contribution in [0.3, 0.4) is 0 Å². The van der Waals surface area contributed by atoms with Crippen molar-refractivity contribution < 1.29 is 15.3 Å². The summed E-state index contributed by atoms with van der Waals surface area (Å²) in [5, 5.41) is 29.0. The summed E-state index contributed by atoms with van der Waals surface area (Å²) in [6, 6.07) is 5.32. The Kier molecular flexibility index (Phi) is 2.85. The van der Waals surface area contributed by atoms with E-state index >= 15 is 0 Å². The Morgan fingerprint density at radius 1 is 1.18 bits per heavy atom. The summed E-state index contributed by atoms with van der Waals surface area (Å²) in [4.78, 5) is 0. The zero-order chi connectivity index (χ0) is 12.8. The van der Waals surface area contributed by atoms with Gasteiger partial charge in [0.1, 0.15) is 7.85 Å². The zero-order valence-electron chi connectivity index (χ0n) is 10.1. The van der Waals surface area contributed by atoms with E-state index in [2.05, 4.69) is 6.92 Å². The molecular formula is C13H17BO3. The van der Waals surface area contributed by atoms with Gasteiger partial charge in [-0.15, -0.1) is 0 Å². The predicted octanol–water partition coefficient (Wildman–Crippen LogP) is 0.436. The van der Waals surface area contributed by atoms with E-state index in [1.165, 1.54) is 5.56 Å². The van der Waals surface area contributed by atoms with Crippen LogP contribution in [0.5, 0.6) is 0 Å². The van der Waals surface area contributed by atoms with Crippen molar-refractivity contribution in [2.45, 2.75) is 38.0 Å². The van der Waals surface area contributed by atoms with Crippen LogP contribution < -0.4 is 0 Å². The van der Waals surface area contributed by atoms with Gasteiger partial charge in [-0.2, -0.15) is 0 Å². The molecule has 3 nitrogen and oxygen atoms in total. The van der Waals surface area contributed by atoms with E-state index in [0.29, 0.717) is 11.5 Å². The molecule has 0 fully saturated rings. The van der Waals surface area contributed by atoms with Gasteiger partial charge in [0.2, 0.25) is 0 Å². The molecule has 0 saturated carbocycles. The lowest BCUT2D eigenvalue weighted by molar-refractivity contribution is -0.234. The normalized spacial score (nSPS) is 23.2. The smallest absolute Gasteiger partial charge is 0.184 e. The molecule has 2 rings (SSSR count). The third-order valence-electron chi connectivity index (χ3n) is 3.51. The van der Waals surface area contributed by atoms with Crippen LogP contribution in [0, 0.1) is 5.92 Å². The first-order valence-electron chi connectivity index (χ1n) is 5.80. The molecule has 0 spiro atoms. The molecular weight excluding hydrogens is 215 g/mol. The minimum Gasteiger partial charge on any atom is -0.390 e. The van der Waals surface area contributed by atoms with Crippen molar-refractivity contribution in [3.05, 3.63) is 34.9 Å². The summed E-state index contributed by atoms with van der Waals surface area (Å²) in [6.07, 6.45) is 1.96. The molecule has 2 radical (unpaired) electrons. The largest absolute Gasteiger partial charge is 0.390 e. The van der Waals surface area contributed by atoms with Gasteiger partial charge in [-0.3, -0.25) is 0 Å². The maximum Gasteiger partial charge on any atom is 0.184 e. The van der Waals surface area contributed by atoms with Crippen molar-refractivity contribution in [1.82, 2.24) is 0 Å². The molecule has 0 saturated heterocycles. The minimum atomic E-state index is -2.37. The van der Waals surface area contributed by atoms with Gasteiger partial charge in [0.25, 0.3) is 0 Å². The number of aliphatic hydroxyl groups is 3. The number of fused-ring (bicyclic) bond motifs is 1. The fourth-order valence-electron chi connectivity index (χ4n) is 2.35. The van der Waals surface area contributed by atoms with Crippen molar-refractivity contribution in [1.29, 1.82) is 0 Å². The summed E-state index contributed by atoms with van der Waals surface area (Å²) in [5.41, 5.74) is 0.545. The molecule has 0 aliphatic heterocycles. The van der Waals surface area contributed by atoms with Gasteiger partial charge in [-0.25, -0.2) is 0 Å². The van der Waals surface area contributed by atoms with Crippen LogP contribution in [-0.2, 0) is 18.3 Å². The van der Waals surface area contributed by atoms with Gasteiger partial charge in [0.05, 0.1) is 5.50 Å². The van der Waals surface area contributed by atoms with Crippen molar-refractivity contribution in [3.8, 4) is 0 Å². The maximum absolute atomic E-state index is 10.00. The van der Waals surface area contributed by atoms with E-state index in [1.807, 2.05) is 6.07 Å². The van der Waals surface area contributed by atoms with Gasteiger partial charge in [0.15, 0.2) is 5.79 Å². The first-order chi connectivity index (χ1) is 7.72. The van der Waals surface area contributed by atoms with E-state index in [9.17, 15) is 15.3 Å². The lowest BCUT2D eigenvalue weighted by Crippen LogP contribution is -2.50. The highest BCUT2D eigenvalue weighted by Crippen LogP contribution is 2.33. The van der Waals surface area contributed by atoms with E-state index in [-0.39, 0.29) is 0 Å². The van der Waals surface area contributed by atoms with Crippen LogP contribution in [0.4, 0.5) is 0 Å². The quantitative estimate of drug-likeness (QED) is 0.512. The molecule has 0 aromatic heterocycles. The number of hydrogen-bond donors (Lipinski definition) is 3. The van der Waals surface area contributed by atoms with E-state index in [1.54, 1.807) is 12.1 Å². The topological polar surface area (TPSA) is 60.7 Å². The van der Waals surface area contributed by atoms with Crippen LogP contribution in [0.15, 0.2) is 18.2 Å². The lowest BCUT2D eigenvalue weighted by Gasteiger charge is -2.35. The molecule has 1 aromatic carbocycles. The van der Waals surface area contributed by atoms with Gasteiger partial charge < -0.3 is 15.3 Å². The molecule has 2 atom stereocenters. The standard InChI is InChI=1S/C13H17BO3/c1-8-5-9-3-4-11(7-10(9)6-8)13(14,17)12(2,15)16/h3-4,7-8,15-17H,5-6H2,1-2H3. The van der Waals surface area contributed by atoms with Crippen molar-refractivity contribution in [2.24, 2.45) is 5.92 Å². The summed E-state index contributed by atoms with van der Waals surface area (Å²) < 4.78 is 0. The number of rotatable bonds is 2. The lowest BCUT2D eigenvalue weighted by atomic mass is 9.69. The van der Waals surface area contributed by atoms with Gasteiger partial charge in [-0.1, -0.05) is 25.1 Å². The minimum absolute atomic E-state index is 0.331. The first kappa shape index (κ1) is 12.6. The van der Waals surface area contributed by atoms with Gasteiger partial charge in [-0.05, 0) is 42.4 Å². The predicted molar refractivity (Wildman–Crippen MR) is 65.5 cm³/mol. The summed E-state index contributed by atoms with van der Waals surface area (Å²) in [6.45, 7) is 3.24.